The van der Waals surface area contributed by atoms with Crippen molar-refractivity contribution in [2.75, 3.05) is 26.2 Å². The van der Waals surface area contributed by atoms with Crippen LogP contribution < -0.4 is 0 Å². The molecule has 0 unspecified atom stereocenters. The van der Waals surface area contributed by atoms with E-state index in [1.807, 2.05) is 29.2 Å². The molecule has 0 aromatic heterocycles. The molecule has 1 aliphatic heterocycles. The summed E-state index contributed by atoms with van der Waals surface area (Å²) < 4.78 is 0.999. The number of nitrogens with zero attached hydrogens (tertiary/aromatic N) is 2. The standard InChI is InChI=1S/C20H23BrN2O/c1-16-3-5-17(6-4-16)15-22-11-2-12-23(14-13-22)20(24)18-7-9-19(21)10-8-18/h3-10H,2,11-15H2,1H3. The maximum atomic E-state index is 12.7. The van der Waals surface area contributed by atoms with Crippen LogP contribution in [0.4, 0.5) is 0 Å². The predicted molar refractivity (Wildman–Crippen MR) is 101 cm³/mol. The molecule has 2 aromatic carbocycles. The van der Waals surface area contributed by atoms with E-state index in [0.29, 0.717) is 0 Å². The van der Waals surface area contributed by atoms with Crippen LogP contribution in [0.25, 0.3) is 0 Å². The monoisotopic (exact) mass is 386 g/mol. The maximum Gasteiger partial charge on any atom is 0.253 e. The van der Waals surface area contributed by atoms with Crippen LogP contribution in [-0.4, -0.2) is 41.9 Å². The Morgan fingerprint density at radius 2 is 1.67 bits per heavy atom. The highest BCUT2D eigenvalue weighted by Crippen LogP contribution is 2.15. The molecule has 0 saturated carbocycles. The summed E-state index contributed by atoms with van der Waals surface area (Å²) in [6.45, 7) is 6.66. The van der Waals surface area contributed by atoms with Crippen LogP contribution in [0.5, 0.6) is 0 Å². The van der Waals surface area contributed by atoms with Gasteiger partial charge in [0.25, 0.3) is 5.91 Å². The number of carbonyl (C=O) groups is 1. The van der Waals surface area contributed by atoms with Crippen molar-refractivity contribution in [1.82, 2.24) is 9.80 Å². The van der Waals surface area contributed by atoms with E-state index < -0.39 is 0 Å². The van der Waals surface area contributed by atoms with Crippen LogP contribution in [0.3, 0.4) is 0 Å². The molecule has 0 spiro atoms. The van der Waals surface area contributed by atoms with Crippen molar-refractivity contribution < 1.29 is 4.79 Å². The number of aryl methyl sites for hydroxylation is 1. The molecule has 1 heterocycles. The molecule has 1 amide bonds. The summed E-state index contributed by atoms with van der Waals surface area (Å²) in [5, 5.41) is 0. The fourth-order valence-electron chi connectivity index (χ4n) is 3.06. The Bertz CT molecular complexity index is 682. The molecular formula is C20H23BrN2O. The highest BCUT2D eigenvalue weighted by molar-refractivity contribution is 9.10. The van der Waals surface area contributed by atoms with E-state index in [1.165, 1.54) is 11.1 Å². The second-order valence-corrected chi connectivity index (χ2v) is 7.33. The van der Waals surface area contributed by atoms with Crippen molar-refractivity contribution in [3.63, 3.8) is 0 Å². The molecule has 1 aliphatic rings. The van der Waals surface area contributed by atoms with Crippen molar-refractivity contribution >= 4 is 21.8 Å². The summed E-state index contributed by atoms with van der Waals surface area (Å²) in [6.07, 6.45) is 1.02. The summed E-state index contributed by atoms with van der Waals surface area (Å²) in [7, 11) is 0. The minimum absolute atomic E-state index is 0.139. The fourth-order valence-corrected chi connectivity index (χ4v) is 3.32. The fraction of sp³-hybridized carbons (Fsp3) is 0.350. The van der Waals surface area contributed by atoms with Crippen LogP contribution in [0, 0.1) is 6.92 Å². The molecule has 2 aromatic rings. The first-order valence-electron chi connectivity index (χ1n) is 8.44. The number of rotatable bonds is 3. The van der Waals surface area contributed by atoms with Crippen LogP contribution >= 0.6 is 15.9 Å². The number of hydrogen-bond acceptors (Lipinski definition) is 2. The molecule has 24 heavy (non-hydrogen) atoms. The van der Waals surface area contributed by atoms with Crippen LogP contribution in [0.15, 0.2) is 53.0 Å². The first kappa shape index (κ1) is 17.2. The molecule has 0 aliphatic carbocycles. The average molecular weight is 387 g/mol. The van der Waals surface area contributed by atoms with Gasteiger partial charge in [0.05, 0.1) is 0 Å². The molecule has 126 valence electrons. The first-order chi connectivity index (χ1) is 11.6. The van der Waals surface area contributed by atoms with Crippen molar-refractivity contribution in [2.45, 2.75) is 19.9 Å². The van der Waals surface area contributed by atoms with Gasteiger partial charge in [0.15, 0.2) is 0 Å². The molecule has 1 fully saturated rings. The number of benzene rings is 2. The third kappa shape index (κ3) is 4.46. The van der Waals surface area contributed by atoms with E-state index in [-0.39, 0.29) is 5.91 Å². The molecule has 1 saturated heterocycles. The van der Waals surface area contributed by atoms with E-state index in [4.69, 9.17) is 0 Å². The third-order valence-electron chi connectivity index (χ3n) is 4.49. The molecule has 4 heteroatoms. The molecule has 0 N–H and O–H groups in total. The second kappa shape index (κ2) is 7.95. The number of amides is 1. The summed E-state index contributed by atoms with van der Waals surface area (Å²) in [4.78, 5) is 17.1. The van der Waals surface area contributed by atoms with E-state index >= 15 is 0 Å². The van der Waals surface area contributed by atoms with Gasteiger partial charge >= 0.3 is 0 Å². The Balaban J connectivity index is 1.59. The van der Waals surface area contributed by atoms with Gasteiger partial charge in [0.2, 0.25) is 0 Å². The Morgan fingerprint density at radius 3 is 2.38 bits per heavy atom. The van der Waals surface area contributed by atoms with Crippen molar-refractivity contribution in [1.29, 1.82) is 0 Å². The lowest BCUT2D eigenvalue weighted by atomic mass is 10.1. The minimum Gasteiger partial charge on any atom is -0.337 e. The van der Waals surface area contributed by atoms with Gasteiger partial charge in [0, 0.05) is 42.8 Å². The maximum absolute atomic E-state index is 12.7. The van der Waals surface area contributed by atoms with Crippen molar-refractivity contribution in [3.8, 4) is 0 Å². The number of carbonyl (C=O) groups excluding carboxylic acids is 1. The smallest absolute Gasteiger partial charge is 0.253 e. The van der Waals surface area contributed by atoms with Gasteiger partial charge in [-0.2, -0.15) is 0 Å². The number of halogens is 1. The lowest BCUT2D eigenvalue weighted by Crippen LogP contribution is -2.35. The lowest BCUT2D eigenvalue weighted by Gasteiger charge is -2.22. The second-order valence-electron chi connectivity index (χ2n) is 6.41. The summed E-state index contributed by atoms with van der Waals surface area (Å²) in [5.41, 5.74) is 3.40. The largest absolute Gasteiger partial charge is 0.337 e. The Morgan fingerprint density at radius 1 is 0.958 bits per heavy atom. The first-order valence-corrected chi connectivity index (χ1v) is 9.24. The highest BCUT2D eigenvalue weighted by atomic mass is 79.9. The normalized spacial score (nSPS) is 16.0. The van der Waals surface area contributed by atoms with Gasteiger partial charge < -0.3 is 4.90 Å². The lowest BCUT2D eigenvalue weighted by molar-refractivity contribution is 0.0761. The molecule has 0 bridgehead atoms. The topological polar surface area (TPSA) is 23.6 Å². The molecule has 0 atom stereocenters. The molecule has 3 rings (SSSR count). The zero-order valence-corrected chi connectivity index (χ0v) is 15.6. The van der Waals surface area contributed by atoms with E-state index in [9.17, 15) is 4.79 Å². The van der Waals surface area contributed by atoms with E-state index in [0.717, 1.165) is 49.2 Å². The quantitative estimate of drug-likeness (QED) is 0.792. The average Bonchev–Trinajstić information content (AvgIpc) is 2.83. The molecule has 3 nitrogen and oxygen atoms in total. The zero-order chi connectivity index (χ0) is 16.9. The van der Waals surface area contributed by atoms with Gasteiger partial charge in [0.1, 0.15) is 0 Å². The van der Waals surface area contributed by atoms with E-state index in [1.54, 1.807) is 0 Å². The highest BCUT2D eigenvalue weighted by Gasteiger charge is 2.20. The van der Waals surface area contributed by atoms with Gasteiger partial charge in [-0.15, -0.1) is 0 Å². The number of hydrogen-bond donors (Lipinski definition) is 0. The van der Waals surface area contributed by atoms with Crippen molar-refractivity contribution in [3.05, 3.63) is 69.7 Å². The summed E-state index contributed by atoms with van der Waals surface area (Å²) in [5.74, 6) is 0.139. The SMILES string of the molecule is Cc1ccc(CN2CCCN(C(=O)c3ccc(Br)cc3)CC2)cc1. The minimum atomic E-state index is 0.139. The van der Waals surface area contributed by atoms with Gasteiger partial charge in [-0.3, -0.25) is 9.69 Å². The Kier molecular flexibility index (Phi) is 5.69. The van der Waals surface area contributed by atoms with Gasteiger partial charge in [-0.25, -0.2) is 0 Å². The van der Waals surface area contributed by atoms with Crippen LogP contribution in [-0.2, 0) is 6.54 Å². The predicted octanol–water partition coefficient (Wildman–Crippen LogP) is 4.11. The Hall–Kier alpha value is -1.65. The van der Waals surface area contributed by atoms with Gasteiger partial charge in [-0.05, 0) is 43.2 Å². The van der Waals surface area contributed by atoms with Crippen LogP contribution in [0.2, 0.25) is 0 Å². The third-order valence-corrected chi connectivity index (χ3v) is 5.02. The zero-order valence-electron chi connectivity index (χ0n) is 14.0. The Labute approximate surface area is 152 Å². The summed E-state index contributed by atoms with van der Waals surface area (Å²) >= 11 is 3.42. The molecular weight excluding hydrogens is 364 g/mol. The summed E-state index contributed by atoms with van der Waals surface area (Å²) in [6, 6.07) is 16.4. The van der Waals surface area contributed by atoms with Crippen molar-refractivity contribution in [2.24, 2.45) is 0 Å². The van der Waals surface area contributed by atoms with E-state index in [2.05, 4.69) is 52.0 Å². The van der Waals surface area contributed by atoms with Crippen LogP contribution in [0.1, 0.15) is 27.9 Å². The molecule has 0 radical (unpaired) electrons. The van der Waals surface area contributed by atoms with Gasteiger partial charge in [-0.1, -0.05) is 45.8 Å².